The highest BCUT2D eigenvalue weighted by molar-refractivity contribution is 5.98. The van der Waals surface area contributed by atoms with E-state index >= 15 is 0 Å². The highest BCUT2D eigenvalue weighted by Gasteiger charge is 2.16. The average Bonchev–Trinajstić information content (AvgIpc) is 2.62. The van der Waals surface area contributed by atoms with E-state index < -0.39 is 0 Å². The number of hydrogen-bond acceptors (Lipinski definition) is 3. The molecular weight excluding hydrogens is 325 g/mol. The van der Waals surface area contributed by atoms with Crippen LogP contribution in [0.5, 0.6) is 0 Å². The van der Waals surface area contributed by atoms with Crippen LogP contribution in [0, 0.1) is 12.7 Å². The Hall–Kier alpha value is -2.72. The third kappa shape index (κ3) is 2.97. The molecule has 0 radical (unpaired) electrons. The first-order valence-electron chi connectivity index (χ1n) is 8.85. The molecular formula is C22H22FN3. The van der Waals surface area contributed by atoms with Crippen molar-refractivity contribution in [3.8, 4) is 11.1 Å². The summed E-state index contributed by atoms with van der Waals surface area (Å²) in [6, 6.07) is 11.2. The second-order valence-electron chi connectivity index (χ2n) is 7.03. The van der Waals surface area contributed by atoms with Crippen molar-refractivity contribution >= 4 is 22.2 Å². The van der Waals surface area contributed by atoms with Gasteiger partial charge in [-0.2, -0.15) is 0 Å². The number of hydrogen-bond donors (Lipinski definition) is 1. The topological polar surface area (TPSA) is 42.1 Å². The van der Waals surface area contributed by atoms with Crippen LogP contribution < -0.4 is 5.73 Å². The third-order valence-corrected chi connectivity index (χ3v) is 5.13. The van der Waals surface area contributed by atoms with Gasteiger partial charge in [0.05, 0.1) is 0 Å². The largest absolute Gasteiger partial charge is 0.384 e. The Labute approximate surface area is 153 Å². The van der Waals surface area contributed by atoms with Crippen LogP contribution in [0.15, 0.2) is 48.7 Å². The molecule has 0 spiro atoms. The molecule has 0 atom stereocenters. The van der Waals surface area contributed by atoms with Crippen LogP contribution in [0.3, 0.4) is 0 Å². The van der Waals surface area contributed by atoms with Gasteiger partial charge in [-0.1, -0.05) is 18.2 Å². The Balaban J connectivity index is 1.98. The Bertz CT molecular complexity index is 1000. The van der Waals surface area contributed by atoms with Crippen molar-refractivity contribution in [2.45, 2.75) is 13.3 Å². The van der Waals surface area contributed by atoms with Gasteiger partial charge in [0.15, 0.2) is 0 Å². The van der Waals surface area contributed by atoms with E-state index in [1.807, 2.05) is 25.1 Å². The molecule has 3 nitrogen and oxygen atoms in total. The standard InChI is InChI=1S/C22H22FN3/c1-14-4-3-5-20(23)22(14)16-10-17-13-25-21(24)12-19(17)18(11-16)15-6-8-26(2)9-7-15/h3-6,10-13H,7-9H2,1-2H3,(H2,24,25). The maximum Gasteiger partial charge on any atom is 0.131 e. The predicted molar refractivity (Wildman–Crippen MR) is 106 cm³/mol. The molecule has 2 heterocycles. The molecule has 0 fully saturated rings. The van der Waals surface area contributed by atoms with E-state index in [-0.39, 0.29) is 5.82 Å². The molecule has 0 saturated carbocycles. The van der Waals surface area contributed by atoms with Crippen molar-refractivity contribution in [2.75, 3.05) is 25.9 Å². The molecule has 1 aromatic heterocycles. The van der Waals surface area contributed by atoms with Crippen LogP contribution in [0.2, 0.25) is 0 Å². The first-order chi connectivity index (χ1) is 12.5. The van der Waals surface area contributed by atoms with Crippen LogP contribution in [0.25, 0.3) is 27.5 Å². The number of likely N-dealkylation sites (N-methyl/N-ethyl adjacent to an activating group) is 1. The lowest BCUT2D eigenvalue weighted by atomic mass is 9.90. The Morgan fingerprint density at radius 2 is 2.04 bits per heavy atom. The zero-order chi connectivity index (χ0) is 18.3. The second-order valence-corrected chi connectivity index (χ2v) is 7.03. The van der Waals surface area contributed by atoms with Gasteiger partial charge in [-0.3, -0.25) is 0 Å². The number of aromatic nitrogens is 1. The van der Waals surface area contributed by atoms with Crippen LogP contribution in [-0.4, -0.2) is 30.0 Å². The van der Waals surface area contributed by atoms with E-state index in [0.717, 1.165) is 47.0 Å². The van der Waals surface area contributed by atoms with Crippen molar-refractivity contribution < 1.29 is 4.39 Å². The number of nitrogen functional groups attached to an aromatic ring is 1. The minimum absolute atomic E-state index is 0.198. The Kier molecular flexibility index (Phi) is 4.21. The second kappa shape index (κ2) is 6.54. The van der Waals surface area contributed by atoms with Gasteiger partial charge >= 0.3 is 0 Å². The molecule has 0 unspecified atom stereocenters. The highest BCUT2D eigenvalue weighted by atomic mass is 19.1. The van der Waals surface area contributed by atoms with Crippen molar-refractivity contribution in [3.63, 3.8) is 0 Å². The van der Waals surface area contributed by atoms with Crippen LogP contribution in [0.1, 0.15) is 17.5 Å². The molecule has 0 bridgehead atoms. The fraction of sp³-hybridized carbons (Fsp3) is 0.227. The van der Waals surface area contributed by atoms with Crippen LogP contribution in [0.4, 0.5) is 10.2 Å². The van der Waals surface area contributed by atoms with Gasteiger partial charge in [-0.25, -0.2) is 9.37 Å². The molecule has 3 aromatic rings. The number of fused-ring (bicyclic) bond motifs is 1. The summed E-state index contributed by atoms with van der Waals surface area (Å²) >= 11 is 0. The SMILES string of the molecule is Cc1cccc(F)c1-c1cc(C2=CCN(C)CC2)c2cc(N)ncc2c1. The molecule has 2 aromatic carbocycles. The van der Waals surface area contributed by atoms with Crippen molar-refractivity contribution in [1.29, 1.82) is 0 Å². The lowest BCUT2D eigenvalue weighted by Gasteiger charge is -2.23. The van der Waals surface area contributed by atoms with E-state index in [1.54, 1.807) is 12.3 Å². The Morgan fingerprint density at radius 1 is 1.19 bits per heavy atom. The molecule has 0 aliphatic carbocycles. The number of pyridine rings is 1. The minimum Gasteiger partial charge on any atom is -0.384 e. The molecule has 26 heavy (non-hydrogen) atoms. The van der Waals surface area contributed by atoms with E-state index in [1.165, 1.54) is 11.6 Å². The van der Waals surface area contributed by atoms with Gasteiger partial charge in [0.1, 0.15) is 11.6 Å². The quantitative estimate of drug-likeness (QED) is 0.734. The minimum atomic E-state index is -0.198. The lowest BCUT2D eigenvalue weighted by molar-refractivity contribution is 0.370. The van der Waals surface area contributed by atoms with Gasteiger partial charge < -0.3 is 10.6 Å². The summed E-state index contributed by atoms with van der Waals surface area (Å²) in [6.45, 7) is 3.87. The number of nitrogens with zero attached hydrogens (tertiary/aromatic N) is 2. The molecule has 4 heteroatoms. The van der Waals surface area contributed by atoms with E-state index in [4.69, 9.17) is 5.73 Å². The maximum atomic E-state index is 14.6. The van der Waals surface area contributed by atoms with Crippen LogP contribution in [-0.2, 0) is 0 Å². The van der Waals surface area contributed by atoms with Crippen molar-refractivity contribution in [1.82, 2.24) is 9.88 Å². The fourth-order valence-corrected chi connectivity index (χ4v) is 3.70. The van der Waals surface area contributed by atoms with Gasteiger partial charge in [-0.05, 0) is 72.3 Å². The fourth-order valence-electron chi connectivity index (χ4n) is 3.70. The summed E-state index contributed by atoms with van der Waals surface area (Å²) in [4.78, 5) is 6.53. The van der Waals surface area contributed by atoms with Crippen molar-refractivity contribution in [3.05, 3.63) is 65.6 Å². The van der Waals surface area contributed by atoms with Gasteiger partial charge in [0.2, 0.25) is 0 Å². The molecule has 4 rings (SSSR count). The lowest BCUT2D eigenvalue weighted by Crippen LogP contribution is -2.23. The van der Waals surface area contributed by atoms with Gasteiger partial charge in [0.25, 0.3) is 0 Å². The number of halogens is 1. The number of rotatable bonds is 2. The first-order valence-corrected chi connectivity index (χ1v) is 8.85. The maximum absolute atomic E-state index is 14.6. The number of aryl methyl sites for hydroxylation is 1. The summed E-state index contributed by atoms with van der Waals surface area (Å²) in [7, 11) is 2.12. The first kappa shape index (κ1) is 16.7. The van der Waals surface area contributed by atoms with Crippen LogP contribution >= 0.6 is 0 Å². The molecule has 1 aliphatic heterocycles. The van der Waals surface area contributed by atoms with Crippen molar-refractivity contribution in [2.24, 2.45) is 0 Å². The predicted octanol–water partition coefficient (Wildman–Crippen LogP) is 4.65. The molecule has 132 valence electrons. The van der Waals surface area contributed by atoms with E-state index in [9.17, 15) is 4.39 Å². The summed E-state index contributed by atoms with van der Waals surface area (Å²) in [5.41, 5.74) is 10.8. The van der Waals surface area contributed by atoms with Gasteiger partial charge in [0, 0.05) is 30.2 Å². The molecule has 0 amide bonds. The normalized spacial score (nSPS) is 15.3. The summed E-state index contributed by atoms with van der Waals surface area (Å²) < 4.78 is 14.6. The smallest absolute Gasteiger partial charge is 0.131 e. The highest BCUT2D eigenvalue weighted by Crippen LogP contribution is 2.36. The molecule has 1 aliphatic rings. The zero-order valence-corrected chi connectivity index (χ0v) is 15.1. The number of benzene rings is 2. The van der Waals surface area contributed by atoms with E-state index in [2.05, 4.69) is 29.1 Å². The summed E-state index contributed by atoms with van der Waals surface area (Å²) in [6.07, 6.45) is 5.00. The average molecular weight is 347 g/mol. The third-order valence-electron chi connectivity index (χ3n) is 5.13. The van der Waals surface area contributed by atoms with Gasteiger partial charge in [-0.15, -0.1) is 0 Å². The van der Waals surface area contributed by atoms with E-state index in [0.29, 0.717) is 11.4 Å². The number of nitrogens with two attached hydrogens (primary N) is 1. The molecule has 0 saturated heterocycles. The monoisotopic (exact) mass is 347 g/mol. The number of anilines is 1. The zero-order valence-electron chi connectivity index (χ0n) is 15.1. The summed E-state index contributed by atoms with van der Waals surface area (Å²) in [5, 5.41) is 2.06. The Morgan fingerprint density at radius 3 is 2.77 bits per heavy atom. The summed E-state index contributed by atoms with van der Waals surface area (Å²) in [5.74, 6) is 0.304. The molecule has 2 N–H and O–H groups in total.